The first-order valence-corrected chi connectivity index (χ1v) is 10.4. The molecule has 2 aromatic heterocycles. The molecule has 0 aliphatic rings. The van der Waals surface area contributed by atoms with Crippen LogP contribution in [0, 0.1) is 13.8 Å². The molecule has 2 heterocycles. The molecule has 0 aliphatic carbocycles. The lowest BCUT2D eigenvalue weighted by atomic mass is 10.1. The summed E-state index contributed by atoms with van der Waals surface area (Å²) >= 11 is 1.21. The molecule has 0 unspecified atom stereocenters. The number of thiazole rings is 1. The number of hydrogen-bond acceptors (Lipinski definition) is 5. The van der Waals surface area contributed by atoms with Crippen LogP contribution in [0.3, 0.4) is 0 Å². The zero-order chi connectivity index (χ0) is 17.4. The number of hydrogen-bond donors (Lipinski definition) is 0. The van der Waals surface area contributed by atoms with Crippen molar-refractivity contribution in [3.63, 3.8) is 0 Å². The Bertz CT molecular complexity index is 857. The molecule has 2 aromatic rings. The van der Waals surface area contributed by atoms with Crippen molar-refractivity contribution in [2.24, 2.45) is 0 Å². The van der Waals surface area contributed by atoms with Crippen LogP contribution in [0.5, 0.6) is 0 Å². The van der Waals surface area contributed by atoms with E-state index >= 15 is 0 Å². The van der Waals surface area contributed by atoms with Crippen LogP contribution in [0.4, 0.5) is 0 Å². The summed E-state index contributed by atoms with van der Waals surface area (Å²) < 4.78 is 26.2. The highest BCUT2D eigenvalue weighted by molar-refractivity contribution is 7.90. The molecule has 23 heavy (non-hydrogen) atoms. The quantitative estimate of drug-likeness (QED) is 0.792. The Hall–Kier alpha value is -1.41. The number of aromatic nitrogens is 3. The Labute approximate surface area is 140 Å². The van der Waals surface area contributed by atoms with Gasteiger partial charge in [0.1, 0.15) is 9.84 Å². The van der Waals surface area contributed by atoms with Crippen molar-refractivity contribution >= 4 is 21.2 Å². The van der Waals surface area contributed by atoms with Gasteiger partial charge in [-0.2, -0.15) is 5.10 Å². The molecule has 0 amide bonds. The van der Waals surface area contributed by atoms with Gasteiger partial charge in [0.2, 0.25) is 0 Å². The number of rotatable bonds is 6. The van der Waals surface area contributed by atoms with Crippen LogP contribution in [-0.4, -0.2) is 34.8 Å². The summed E-state index contributed by atoms with van der Waals surface area (Å²) in [5, 5.41) is 6.35. The summed E-state index contributed by atoms with van der Waals surface area (Å²) in [6, 6.07) is 0. The van der Waals surface area contributed by atoms with Gasteiger partial charge in [-0.1, -0.05) is 25.2 Å². The van der Waals surface area contributed by atoms with E-state index in [0.717, 1.165) is 22.6 Å². The van der Waals surface area contributed by atoms with Crippen molar-refractivity contribution in [1.29, 1.82) is 0 Å². The van der Waals surface area contributed by atoms with Crippen molar-refractivity contribution in [1.82, 2.24) is 14.3 Å². The van der Waals surface area contributed by atoms with E-state index in [4.69, 9.17) is 0 Å². The Kier molecular flexibility index (Phi) is 5.15. The molecule has 0 radical (unpaired) electrons. The fourth-order valence-corrected chi connectivity index (χ4v) is 3.96. The second-order valence-electron chi connectivity index (χ2n) is 6.17. The molecule has 6 nitrogen and oxygen atoms in total. The maximum absolute atomic E-state index is 12.1. The molecule has 0 saturated heterocycles. The number of sulfone groups is 1. The topological polar surface area (TPSA) is 74.0 Å². The first-order chi connectivity index (χ1) is 10.6. The third kappa shape index (κ3) is 4.11. The second-order valence-corrected chi connectivity index (χ2v) is 9.25. The molecule has 0 aromatic carbocycles. The first-order valence-electron chi connectivity index (χ1n) is 7.49. The van der Waals surface area contributed by atoms with Crippen molar-refractivity contribution in [2.45, 2.75) is 46.7 Å². The maximum atomic E-state index is 12.1. The molecular weight excluding hydrogens is 334 g/mol. The van der Waals surface area contributed by atoms with Gasteiger partial charge < -0.3 is 0 Å². The van der Waals surface area contributed by atoms with E-state index in [1.807, 2.05) is 19.2 Å². The summed E-state index contributed by atoms with van der Waals surface area (Å²) in [4.78, 5) is 12.1. The Morgan fingerprint density at radius 3 is 2.52 bits per heavy atom. The highest BCUT2D eigenvalue weighted by atomic mass is 32.2. The van der Waals surface area contributed by atoms with Gasteiger partial charge >= 0.3 is 4.87 Å². The molecular formula is C15H23N3O3S2. The van der Waals surface area contributed by atoms with Crippen LogP contribution in [0.2, 0.25) is 0 Å². The van der Waals surface area contributed by atoms with E-state index in [1.165, 1.54) is 17.6 Å². The molecule has 0 aliphatic heterocycles. The molecule has 128 valence electrons. The van der Waals surface area contributed by atoms with Crippen LogP contribution >= 0.6 is 11.3 Å². The predicted octanol–water partition coefficient (Wildman–Crippen LogP) is 1.94. The average Bonchev–Trinajstić information content (AvgIpc) is 2.91. The summed E-state index contributed by atoms with van der Waals surface area (Å²) in [6.45, 7) is 8.75. The summed E-state index contributed by atoms with van der Waals surface area (Å²) in [7, 11) is -3.03. The van der Waals surface area contributed by atoms with Gasteiger partial charge in [-0.15, -0.1) is 0 Å². The largest absolute Gasteiger partial charge is 0.307 e. The fraction of sp³-hybridized carbons (Fsp3) is 0.600. The van der Waals surface area contributed by atoms with E-state index in [2.05, 4.69) is 18.9 Å². The highest BCUT2D eigenvalue weighted by Crippen LogP contribution is 2.19. The van der Waals surface area contributed by atoms with Crippen molar-refractivity contribution < 1.29 is 8.42 Å². The van der Waals surface area contributed by atoms with E-state index in [-0.39, 0.29) is 16.5 Å². The second kappa shape index (κ2) is 6.60. The van der Waals surface area contributed by atoms with E-state index in [1.54, 1.807) is 9.25 Å². The molecule has 2 rings (SSSR count). The van der Waals surface area contributed by atoms with Gasteiger partial charge in [-0.25, -0.2) is 8.42 Å². The third-order valence-corrected chi connectivity index (χ3v) is 5.63. The van der Waals surface area contributed by atoms with Crippen LogP contribution in [-0.2, 0) is 22.9 Å². The minimum Gasteiger partial charge on any atom is -0.298 e. The molecule has 0 bridgehead atoms. The fourth-order valence-electron chi connectivity index (χ4n) is 2.54. The van der Waals surface area contributed by atoms with Crippen molar-refractivity contribution in [3.8, 4) is 0 Å². The molecule has 0 saturated carbocycles. The van der Waals surface area contributed by atoms with Crippen molar-refractivity contribution in [3.05, 3.63) is 37.7 Å². The summed E-state index contributed by atoms with van der Waals surface area (Å²) in [5.74, 6) is 0.333. The van der Waals surface area contributed by atoms with Gasteiger partial charge in [0.15, 0.2) is 0 Å². The van der Waals surface area contributed by atoms with Gasteiger partial charge in [0.05, 0.1) is 24.5 Å². The van der Waals surface area contributed by atoms with Gasteiger partial charge in [-0.3, -0.25) is 14.0 Å². The minimum absolute atomic E-state index is 0.0244. The third-order valence-electron chi connectivity index (χ3n) is 3.93. The van der Waals surface area contributed by atoms with Gasteiger partial charge in [0.25, 0.3) is 0 Å². The first kappa shape index (κ1) is 17.9. The van der Waals surface area contributed by atoms with E-state index in [0.29, 0.717) is 13.1 Å². The summed E-state index contributed by atoms with van der Waals surface area (Å²) in [5.41, 5.74) is 3.76. The molecule has 0 atom stereocenters. The smallest absolute Gasteiger partial charge is 0.298 e. The summed E-state index contributed by atoms with van der Waals surface area (Å²) in [6.07, 6.45) is 1.22. The molecule has 8 heteroatoms. The standard InChI is InChI=1S/C15H23N3O3S2/c1-10(2)14-9-22-15(19)17(14)8-13-11(3)16-18(12(13)4)6-7-23(5,20)21/h9-10H,6-8H2,1-5H3. The lowest BCUT2D eigenvalue weighted by Gasteiger charge is -2.11. The number of nitrogens with zero attached hydrogens (tertiary/aromatic N) is 3. The van der Waals surface area contributed by atoms with E-state index < -0.39 is 9.84 Å². The van der Waals surface area contributed by atoms with Crippen LogP contribution < -0.4 is 4.87 Å². The monoisotopic (exact) mass is 357 g/mol. The number of aryl methyl sites for hydroxylation is 2. The highest BCUT2D eigenvalue weighted by Gasteiger charge is 2.17. The molecule has 0 fully saturated rings. The van der Waals surface area contributed by atoms with Crippen LogP contribution in [0.25, 0.3) is 0 Å². The van der Waals surface area contributed by atoms with Crippen LogP contribution in [0.1, 0.15) is 42.4 Å². The van der Waals surface area contributed by atoms with Crippen LogP contribution in [0.15, 0.2) is 10.2 Å². The minimum atomic E-state index is -3.03. The Morgan fingerprint density at radius 2 is 1.96 bits per heavy atom. The molecule has 0 spiro atoms. The van der Waals surface area contributed by atoms with Gasteiger partial charge in [-0.05, 0) is 19.8 Å². The maximum Gasteiger partial charge on any atom is 0.307 e. The average molecular weight is 358 g/mol. The lowest BCUT2D eigenvalue weighted by molar-refractivity contribution is 0.580. The normalized spacial score (nSPS) is 12.3. The van der Waals surface area contributed by atoms with E-state index in [9.17, 15) is 13.2 Å². The Morgan fingerprint density at radius 1 is 1.30 bits per heavy atom. The predicted molar refractivity (Wildman–Crippen MR) is 93.2 cm³/mol. The zero-order valence-corrected chi connectivity index (χ0v) is 15.8. The van der Waals surface area contributed by atoms with Crippen molar-refractivity contribution in [2.75, 3.05) is 12.0 Å². The Balaban J connectivity index is 2.33. The zero-order valence-electron chi connectivity index (χ0n) is 14.2. The SMILES string of the molecule is Cc1nn(CCS(C)(=O)=O)c(C)c1Cn1c(C(C)C)csc1=O. The molecule has 0 N–H and O–H groups in total. The lowest BCUT2D eigenvalue weighted by Crippen LogP contribution is -2.18. The van der Waals surface area contributed by atoms with Gasteiger partial charge in [0, 0.05) is 28.6 Å².